The minimum absolute atomic E-state index is 0.0218. The number of nitrogens with zero attached hydrogens (tertiary/aromatic N) is 2. The van der Waals surface area contributed by atoms with Gasteiger partial charge in [0.05, 0.1) is 0 Å². The summed E-state index contributed by atoms with van der Waals surface area (Å²) in [6.07, 6.45) is 5.50. The van der Waals surface area contributed by atoms with Crippen LogP contribution in [0.25, 0.3) is 0 Å². The summed E-state index contributed by atoms with van der Waals surface area (Å²) in [5, 5.41) is 6.65. The molecule has 2 aliphatic rings. The lowest BCUT2D eigenvalue weighted by molar-refractivity contribution is 0.0951. The molecule has 176 valence electrons. The molecule has 6 nitrogen and oxygen atoms in total. The highest BCUT2D eigenvalue weighted by Crippen LogP contribution is 2.28. The van der Waals surface area contributed by atoms with Crippen LogP contribution in [0.1, 0.15) is 53.9 Å². The summed E-state index contributed by atoms with van der Waals surface area (Å²) in [7, 11) is 0. The van der Waals surface area contributed by atoms with Gasteiger partial charge in [-0.25, -0.2) is 4.79 Å². The third-order valence-corrected chi connectivity index (χ3v) is 6.81. The fourth-order valence-corrected chi connectivity index (χ4v) is 4.84. The van der Waals surface area contributed by atoms with E-state index >= 15 is 0 Å². The number of anilines is 1. The molecule has 7 heteroatoms. The van der Waals surface area contributed by atoms with Gasteiger partial charge >= 0.3 is 6.03 Å². The SMILES string of the molecule is O=C(NCCCN1CCCC1)c1cccc(C2CCCN(C(=O)Nc3ccc(Cl)cc3)C2)c1. The molecular formula is C26H33ClN4O2. The van der Waals surface area contributed by atoms with Crippen LogP contribution in [0.4, 0.5) is 10.5 Å². The quantitative estimate of drug-likeness (QED) is 0.564. The van der Waals surface area contributed by atoms with Crippen molar-refractivity contribution >= 4 is 29.2 Å². The lowest BCUT2D eigenvalue weighted by atomic mass is 9.89. The van der Waals surface area contributed by atoms with Gasteiger partial charge in [-0.2, -0.15) is 0 Å². The van der Waals surface area contributed by atoms with Gasteiger partial charge in [0.15, 0.2) is 0 Å². The van der Waals surface area contributed by atoms with Crippen LogP contribution in [-0.4, -0.2) is 61.0 Å². The lowest BCUT2D eigenvalue weighted by Crippen LogP contribution is -2.41. The Labute approximate surface area is 201 Å². The summed E-state index contributed by atoms with van der Waals surface area (Å²) in [4.78, 5) is 29.7. The molecule has 0 aliphatic carbocycles. The van der Waals surface area contributed by atoms with Gasteiger partial charge in [0, 0.05) is 41.8 Å². The van der Waals surface area contributed by atoms with Gasteiger partial charge in [-0.15, -0.1) is 0 Å². The van der Waals surface area contributed by atoms with Crippen LogP contribution in [0, 0.1) is 0 Å². The fourth-order valence-electron chi connectivity index (χ4n) is 4.72. The Kier molecular flexibility index (Phi) is 8.24. The molecular weight excluding hydrogens is 436 g/mol. The van der Waals surface area contributed by atoms with E-state index in [1.54, 1.807) is 24.3 Å². The van der Waals surface area contributed by atoms with E-state index in [-0.39, 0.29) is 17.9 Å². The van der Waals surface area contributed by atoms with E-state index in [1.807, 2.05) is 23.1 Å². The zero-order chi connectivity index (χ0) is 23.0. The highest BCUT2D eigenvalue weighted by atomic mass is 35.5. The van der Waals surface area contributed by atoms with E-state index in [1.165, 1.54) is 25.9 Å². The van der Waals surface area contributed by atoms with Crippen molar-refractivity contribution in [1.29, 1.82) is 0 Å². The molecule has 2 aliphatic heterocycles. The van der Waals surface area contributed by atoms with Crippen LogP contribution in [0.3, 0.4) is 0 Å². The maximum absolute atomic E-state index is 12.8. The van der Waals surface area contributed by atoms with Gasteiger partial charge in [-0.1, -0.05) is 23.7 Å². The molecule has 0 aromatic heterocycles. The van der Waals surface area contributed by atoms with E-state index in [9.17, 15) is 9.59 Å². The largest absolute Gasteiger partial charge is 0.352 e. The number of nitrogens with one attached hydrogen (secondary N) is 2. The first-order chi connectivity index (χ1) is 16.1. The average molecular weight is 469 g/mol. The molecule has 0 radical (unpaired) electrons. The number of rotatable bonds is 7. The highest BCUT2D eigenvalue weighted by Gasteiger charge is 2.25. The van der Waals surface area contributed by atoms with E-state index < -0.39 is 0 Å². The number of carbonyl (C=O) groups excluding carboxylic acids is 2. The van der Waals surface area contributed by atoms with Crippen molar-refractivity contribution in [3.8, 4) is 0 Å². The predicted octanol–water partition coefficient (Wildman–Crippen LogP) is 4.97. The molecule has 2 N–H and O–H groups in total. The van der Waals surface area contributed by atoms with Gasteiger partial charge in [0.1, 0.15) is 0 Å². The Hall–Kier alpha value is -2.57. The zero-order valence-corrected chi connectivity index (χ0v) is 19.8. The molecule has 2 fully saturated rings. The number of piperidine rings is 1. The summed E-state index contributed by atoms with van der Waals surface area (Å²) in [5.74, 6) is 0.198. The summed E-state index contributed by atoms with van der Waals surface area (Å²) in [6, 6.07) is 14.9. The van der Waals surface area contributed by atoms with Crippen molar-refractivity contribution in [3.05, 3.63) is 64.7 Å². The van der Waals surface area contributed by atoms with Gasteiger partial charge in [0.2, 0.25) is 0 Å². The minimum Gasteiger partial charge on any atom is -0.352 e. The topological polar surface area (TPSA) is 64.7 Å². The molecule has 33 heavy (non-hydrogen) atoms. The molecule has 2 aromatic rings. The number of likely N-dealkylation sites (tertiary alicyclic amines) is 2. The minimum atomic E-state index is -0.103. The van der Waals surface area contributed by atoms with Crippen LogP contribution in [0.15, 0.2) is 48.5 Å². The predicted molar refractivity (Wildman–Crippen MR) is 133 cm³/mol. The first-order valence-electron chi connectivity index (χ1n) is 12.0. The Morgan fingerprint density at radius 1 is 1.00 bits per heavy atom. The van der Waals surface area contributed by atoms with Crippen LogP contribution in [-0.2, 0) is 0 Å². The molecule has 3 amide bonds. The van der Waals surface area contributed by atoms with Gasteiger partial charge < -0.3 is 20.4 Å². The third-order valence-electron chi connectivity index (χ3n) is 6.56. The summed E-state index contributed by atoms with van der Waals surface area (Å²) in [5.41, 5.74) is 2.54. The number of benzene rings is 2. The molecule has 1 unspecified atom stereocenters. The first kappa shape index (κ1) is 23.6. The number of hydrogen-bond acceptors (Lipinski definition) is 3. The molecule has 0 bridgehead atoms. The maximum Gasteiger partial charge on any atom is 0.321 e. The van der Waals surface area contributed by atoms with Crippen molar-refractivity contribution in [2.24, 2.45) is 0 Å². The van der Waals surface area contributed by atoms with Crippen molar-refractivity contribution in [1.82, 2.24) is 15.1 Å². The van der Waals surface area contributed by atoms with Crippen molar-refractivity contribution in [3.63, 3.8) is 0 Å². The van der Waals surface area contributed by atoms with E-state index in [4.69, 9.17) is 11.6 Å². The number of hydrogen-bond donors (Lipinski definition) is 2. The van der Waals surface area contributed by atoms with Crippen LogP contribution >= 0.6 is 11.6 Å². The second-order valence-corrected chi connectivity index (χ2v) is 9.44. The molecule has 0 spiro atoms. The standard InChI is InChI=1S/C26H33ClN4O2/c27-23-9-11-24(12-10-23)29-26(33)31-17-4-8-22(19-31)20-6-3-7-21(18-20)25(32)28-13-5-16-30-14-1-2-15-30/h3,6-7,9-12,18,22H,1-2,4-5,8,13-17,19H2,(H,28,32)(H,29,33). The normalized spacial score (nSPS) is 18.8. The Morgan fingerprint density at radius 3 is 2.58 bits per heavy atom. The number of carbonyl (C=O) groups is 2. The van der Waals surface area contributed by atoms with Crippen LogP contribution in [0.2, 0.25) is 5.02 Å². The Bertz CT molecular complexity index is 944. The summed E-state index contributed by atoms with van der Waals surface area (Å²) >= 11 is 5.93. The van der Waals surface area contributed by atoms with Gasteiger partial charge in [-0.05, 0) is 93.7 Å². The number of amides is 3. The van der Waals surface area contributed by atoms with Gasteiger partial charge in [-0.3, -0.25) is 4.79 Å². The molecule has 2 aromatic carbocycles. The van der Waals surface area contributed by atoms with Crippen LogP contribution in [0.5, 0.6) is 0 Å². The average Bonchev–Trinajstić information content (AvgIpc) is 3.37. The van der Waals surface area contributed by atoms with Crippen LogP contribution < -0.4 is 10.6 Å². The maximum atomic E-state index is 12.8. The van der Waals surface area contributed by atoms with E-state index in [0.717, 1.165) is 43.6 Å². The van der Waals surface area contributed by atoms with Crippen molar-refractivity contribution in [2.75, 3.05) is 44.6 Å². The Balaban J connectivity index is 1.29. The first-order valence-corrected chi connectivity index (χ1v) is 12.4. The zero-order valence-electron chi connectivity index (χ0n) is 19.1. The molecule has 4 rings (SSSR count). The molecule has 2 saturated heterocycles. The summed E-state index contributed by atoms with van der Waals surface area (Å²) < 4.78 is 0. The van der Waals surface area contributed by atoms with Crippen molar-refractivity contribution < 1.29 is 9.59 Å². The van der Waals surface area contributed by atoms with Crippen molar-refractivity contribution in [2.45, 2.75) is 38.0 Å². The monoisotopic (exact) mass is 468 g/mol. The lowest BCUT2D eigenvalue weighted by Gasteiger charge is -2.33. The number of urea groups is 1. The fraction of sp³-hybridized carbons (Fsp3) is 0.462. The molecule has 0 saturated carbocycles. The molecule has 1 atom stereocenters. The van der Waals surface area contributed by atoms with E-state index in [0.29, 0.717) is 23.7 Å². The summed E-state index contributed by atoms with van der Waals surface area (Å²) in [6.45, 7) is 5.49. The van der Waals surface area contributed by atoms with E-state index in [2.05, 4.69) is 21.6 Å². The third kappa shape index (κ3) is 6.71. The molecule has 2 heterocycles. The number of halogens is 1. The second-order valence-electron chi connectivity index (χ2n) is 9.01. The highest BCUT2D eigenvalue weighted by molar-refractivity contribution is 6.30. The Morgan fingerprint density at radius 2 is 1.79 bits per heavy atom. The smallest absolute Gasteiger partial charge is 0.321 e. The second kappa shape index (κ2) is 11.5. The van der Waals surface area contributed by atoms with Gasteiger partial charge in [0.25, 0.3) is 5.91 Å².